The molecule has 0 unspecified atom stereocenters. The summed E-state index contributed by atoms with van der Waals surface area (Å²) in [6, 6.07) is 6.11. The van der Waals surface area contributed by atoms with Gasteiger partial charge in [0, 0.05) is 25.9 Å². The van der Waals surface area contributed by atoms with Crippen LogP contribution in [0.4, 0.5) is 5.82 Å². The Hall–Kier alpha value is -1.09. The number of ether oxygens (including phenoxy) is 1. The fourth-order valence-electron chi connectivity index (χ4n) is 2.38. The molecule has 1 saturated heterocycles. The number of nitrogens with zero attached hydrogens (tertiary/aromatic N) is 2. The molecule has 92 valence electrons. The quantitative estimate of drug-likeness (QED) is 0.797. The van der Waals surface area contributed by atoms with Crippen LogP contribution in [0.5, 0.6) is 0 Å². The molecular weight excluding hydrogens is 212 g/mol. The van der Waals surface area contributed by atoms with Gasteiger partial charge in [-0.15, -0.1) is 0 Å². The number of pyridine rings is 1. The average Bonchev–Trinajstić information content (AvgIpc) is 3.22. The van der Waals surface area contributed by atoms with E-state index in [0.29, 0.717) is 6.10 Å². The number of rotatable bonds is 4. The second kappa shape index (κ2) is 5.05. The van der Waals surface area contributed by atoms with E-state index in [1.807, 2.05) is 12.3 Å². The van der Waals surface area contributed by atoms with Crippen molar-refractivity contribution in [3.05, 3.63) is 24.4 Å². The highest BCUT2D eigenvalue weighted by Gasteiger charge is 2.26. The highest BCUT2D eigenvalue weighted by Crippen LogP contribution is 2.30. The largest absolute Gasteiger partial charge is 0.376 e. The van der Waals surface area contributed by atoms with Gasteiger partial charge in [-0.25, -0.2) is 4.98 Å². The molecule has 1 saturated carbocycles. The van der Waals surface area contributed by atoms with Gasteiger partial charge in [0.2, 0.25) is 0 Å². The third-order valence-electron chi connectivity index (χ3n) is 3.62. The minimum atomic E-state index is 0.409. The van der Waals surface area contributed by atoms with Gasteiger partial charge in [0.25, 0.3) is 0 Å². The van der Waals surface area contributed by atoms with Gasteiger partial charge in [0.1, 0.15) is 5.82 Å². The minimum Gasteiger partial charge on any atom is -0.376 e. The second-order valence-electron chi connectivity index (χ2n) is 5.17. The van der Waals surface area contributed by atoms with E-state index >= 15 is 0 Å². The summed E-state index contributed by atoms with van der Waals surface area (Å²) in [6.45, 7) is 3.09. The van der Waals surface area contributed by atoms with Crippen LogP contribution in [0.3, 0.4) is 0 Å². The molecule has 2 fully saturated rings. The van der Waals surface area contributed by atoms with Gasteiger partial charge in [-0.2, -0.15) is 0 Å². The van der Waals surface area contributed by atoms with Crippen LogP contribution in [-0.4, -0.2) is 30.8 Å². The Morgan fingerprint density at radius 2 is 2.24 bits per heavy atom. The first-order valence-electron chi connectivity index (χ1n) is 6.69. The molecule has 0 amide bonds. The van der Waals surface area contributed by atoms with Crippen LogP contribution < -0.4 is 4.90 Å². The Kier molecular flexibility index (Phi) is 3.27. The van der Waals surface area contributed by atoms with E-state index in [2.05, 4.69) is 22.0 Å². The second-order valence-corrected chi connectivity index (χ2v) is 5.17. The summed E-state index contributed by atoms with van der Waals surface area (Å²) in [5.41, 5.74) is 0. The molecule has 1 atom stereocenters. The van der Waals surface area contributed by atoms with E-state index in [1.54, 1.807) is 0 Å². The molecule has 2 aliphatic rings. The summed E-state index contributed by atoms with van der Waals surface area (Å²) in [6.07, 6.45) is 7.44. The summed E-state index contributed by atoms with van der Waals surface area (Å²) in [4.78, 5) is 6.76. The lowest BCUT2D eigenvalue weighted by atomic mass is 10.1. The van der Waals surface area contributed by atoms with Crippen molar-refractivity contribution in [1.29, 1.82) is 0 Å². The number of piperidine rings is 1. The van der Waals surface area contributed by atoms with Crippen LogP contribution in [0.15, 0.2) is 24.4 Å². The lowest BCUT2D eigenvalue weighted by molar-refractivity contribution is 0.0367. The zero-order chi connectivity index (χ0) is 11.5. The molecule has 1 aromatic rings. The topological polar surface area (TPSA) is 25.4 Å². The lowest BCUT2D eigenvalue weighted by Gasteiger charge is -2.33. The van der Waals surface area contributed by atoms with Crippen LogP contribution in [0.2, 0.25) is 0 Å². The van der Waals surface area contributed by atoms with Crippen molar-refractivity contribution < 1.29 is 4.74 Å². The van der Waals surface area contributed by atoms with Crippen molar-refractivity contribution in [1.82, 2.24) is 4.98 Å². The van der Waals surface area contributed by atoms with Gasteiger partial charge >= 0.3 is 0 Å². The predicted octanol–water partition coefficient (Wildman–Crippen LogP) is 2.48. The van der Waals surface area contributed by atoms with Gasteiger partial charge in [-0.05, 0) is 43.7 Å². The van der Waals surface area contributed by atoms with Crippen LogP contribution >= 0.6 is 0 Å². The summed E-state index contributed by atoms with van der Waals surface area (Å²) >= 11 is 0. The number of hydrogen-bond donors (Lipinski definition) is 0. The van der Waals surface area contributed by atoms with Crippen LogP contribution in [-0.2, 0) is 4.74 Å². The van der Waals surface area contributed by atoms with E-state index in [4.69, 9.17) is 4.74 Å². The van der Waals surface area contributed by atoms with E-state index in [-0.39, 0.29) is 0 Å². The third kappa shape index (κ3) is 2.97. The molecule has 17 heavy (non-hydrogen) atoms. The van der Waals surface area contributed by atoms with E-state index in [9.17, 15) is 0 Å². The molecule has 0 radical (unpaired) electrons. The normalized spacial score (nSPS) is 24.9. The van der Waals surface area contributed by atoms with Gasteiger partial charge in [-0.3, -0.25) is 0 Å². The third-order valence-corrected chi connectivity index (χ3v) is 3.62. The van der Waals surface area contributed by atoms with E-state index in [1.165, 1.54) is 25.7 Å². The molecular formula is C14H20N2O. The van der Waals surface area contributed by atoms with Crippen molar-refractivity contribution >= 4 is 5.82 Å². The predicted molar refractivity (Wildman–Crippen MR) is 68.1 cm³/mol. The maximum Gasteiger partial charge on any atom is 0.128 e. The summed E-state index contributed by atoms with van der Waals surface area (Å²) in [7, 11) is 0. The number of hydrogen-bond acceptors (Lipinski definition) is 3. The Morgan fingerprint density at radius 1 is 1.29 bits per heavy atom. The van der Waals surface area contributed by atoms with Crippen LogP contribution in [0.1, 0.15) is 25.7 Å². The standard InChI is InChI=1S/C14H20N2O/c1-2-8-15-14(5-1)16-9-3-4-13(10-16)17-11-12-6-7-12/h1-2,5,8,12-13H,3-4,6-7,9-11H2/t13-/m0/s1. The van der Waals surface area contributed by atoms with Gasteiger partial charge in [0.15, 0.2) is 0 Å². The number of aromatic nitrogens is 1. The lowest BCUT2D eigenvalue weighted by Crippen LogP contribution is -2.40. The first kappa shape index (κ1) is 11.0. The van der Waals surface area contributed by atoms with Crippen molar-refractivity contribution in [2.24, 2.45) is 5.92 Å². The highest BCUT2D eigenvalue weighted by molar-refractivity contribution is 5.38. The maximum absolute atomic E-state index is 5.99. The average molecular weight is 232 g/mol. The molecule has 3 rings (SSSR count). The Bertz CT molecular complexity index is 350. The molecule has 0 aromatic carbocycles. The maximum atomic E-state index is 5.99. The monoisotopic (exact) mass is 232 g/mol. The molecule has 0 N–H and O–H groups in total. The van der Waals surface area contributed by atoms with Crippen molar-refractivity contribution in [3.63, 3.8) is 0 Å². The SMILES string of the molecule is c1ccc(N2CCC[C@H](OCC3CC3)C2)nc1. The highest BCUT2D eigenvalue weighted by atomic mass is 16.5. The van der Waals surface area contributed by atoms with Crippen LogP contribution in [0, 0.1) is 5.92 Å². The zero-order valence-corrected chi connectivity index (χ0v) is 10.2. The molecule has 3 nitrogen and oxygen atoms in total. The molecule has 1 aliphatic carbocycles. The van der Waals surface area contributed by atoms with E-state index < -0.39 is 0 Å². The fourth-order valence-corrected chi connectivity index (χ4v) is 2.38. The zero-order valence-electron chi connectivity index (χ0n) is 10.2. The fraction of sp³-hybridized carbons (Fsp3) is 0.643. The molecule has 1 aliphatic heterocycles. The summed E-state index contributed by atoms with van der Waals surface area (Å²) < 4.78 is 5.99. The van der Waals surface area contributed by atoms with Gasteiger partial charge in [-0.1, -0.05) is 6.07 Å². The Balaban J connectivity index is 1.55. The molecule has 1 aromatic heterocycles. The van der Waals surface area contributed by atoms with Crippen molar-refractivity contribution in [2.75, 3.05) is 24.6 Å². The van der Waals surface area contributed by atoms with Gasteiger partial charge in [0.05, 0.1) is 6.10 Å². The molecule has 0 spiro atoms. The molecule has 3 heteroatoms. The van der Waals surface area contributed by atoms with E-state index in [0.717, 1.165) is 31.4 Å². The van der Waals surface area contributed by atoms with Crippen molar-refractivity contribution in [2.45, 2.75) is 31.8 Å². The van der Waals surface area contributed by atoms with Crippen LogP contribution in [0.25, 0.3) is 0 Å². The van der Waals surface area contributed by atoms with Gasteiger partial charge < -0.3 is 9.64 Å². The number of anilines is 1. The molecule has 0 bridgehead atoms. The summed E-state index contributed by atoms with van der Waals surface area (Å²) in [5.74, 6) is 1.95. The smallest absolute Gasteiger partial charge is 0.128 e. The first-order chi connectivity index (χ1) is 8.42. The minimum absolute atomic E-state index is 0.409. The molecule has 2 heterocycles. The Morgan fingerprint density at radius 3 is 3.00 bits per heavy atom. The summed E-state index contributed by atoms with van der Waals surface area (Å²) in [5, 5.41) is 0. The Labute approximate surface area is 103 Å². The van der Waals surface area contributed by atoms with Crippen molar-refractivity contribution in [3.8, 4) is 0 Å². The first-order valence-corrected chi connectivity index (χ1v) is 6.69.